The lowest BCUT2D eigenvalue weighted by Gasteiger charge is -2.04. The van der Waals surface area contributed by atoms with Gasteiger partial charge in [-0.3, -0.25) is 4.79 Å². The second-order valence-electron chi connectivity index (χ2n) is 6.83. The molecule has 3 aromatic heterocycles. The van der Waals surface area contributed by atoms with Crippen LogP contribution in [0.3, 0.4) is 0 Å². The molecule has 0 radical (unpaired) electrons. The van der Waals surface area contributed by atoms with E-state index in [1.165, 1.54) is 16.2 Å². The molecule has 0 aliphatic heterocycles. The van der Waals surface area contributed by atoms with Gasteiger partial charge in [-0.1, -0.05) is 35.5 Å². The molecule has 30 heavy (non-hydrogen) atoms. The number of thiophene rings is 1. The molecular weight excluding hydrogens is 434 g/mol. The van der Waals surface area contributed by atoms with E-state index in [9.17, 15) is 4.79 Å². The molecule has 0 saturated heterocycles. The molecule has 0 saturated carbocycles. The first-order chi connectivity index (χ1) is 14.6. The lowest BCUT2D eigenvalue weighted by Crippen LogP contribution is -2.14. The number of nitrogens with one attached hydrogen (secondary N) is 1. The molecule has 0 spiro atoms. The first kappa shape index (κ1) is 20.8. The number of hydrogen-bond acceptors (Lipinski definition) is 7. The fourth-order valence-electron chi connectivity index (χ4n) is 2.81. The van der Waals surface area contributed by atoms with Crippen LogP contribution in [-0.4, -0.2) is 25.7 Å². The van der Waals surface area contributed by atoms with Crippen molar-refractivity contribution in [3.05, 3.63) is 74.1 Å². The minimum atomic E-state index is -0.0565. The Morgan fingerprint density at radius 3 is 2.77 bits per heavy atom. The van der Waals surface area contributed by atoms with E-state index in [-0.39, 0.29) is 12.3 Å². The van der Waals surface area contributed by atoms with Gasteiger partial charge < -0.3 is 9.88 Å². The second-order valence-corrected chi connectivity index (χ2v) is 9.74. The molecule has 1 amide bonds. The predicted octanol–water partition coefficient (Wildman–Crippen LogP) is 4.71. The van der Waals surface area contributed by atoms with Crippen molar-refractivity contribution in [3.63, 3.8) is 0 Å². The number of rotatable bonds is 8. The van der Waals surface area contributed by atoms with Gasteiger partial charge in [-0.15, -0.1) is 32.9 Å². The van der Waals surface area contributed by atoms with Crippen molar-refractivity contribution < 1.29 is 4.79 Å². The predicted molar refractivity (Wildman–Crippen MR) is 123 cm³/mol. The van der Waals surface area contributed by atoms with Crippen LogP contribution in [0.2, 0.25) is 0 Å². The summed E-state index contributed by atoms with van der Waals surface area (Å²) >= 11 is 4.84. The molecule has 6 nitrogen and oxygen atoms in total. The Balaban J connectivity index is 1.30. The minimum absolute atomic E-state index is 0.0565. The summed E-state index contributed by atoms with van der Waals surface area (Å²) in [4.78, 5) is 18.1. The largest absolute Gasteiger partial charge is 0.326 e. The summed E-state index contributed by atoms with van der Waals surface area (Å²) in [6, 6.07) is 11.9. The molecular formula is C21H21N5OS3. The van der Waals surface area contributed by atoms with E-state index < -0.39 is 0 Å². The quantitative estimate of drug-likeness (QED) is 0.390. The SMILES string of the molecule is Cc1ccc(NC(=O)Cc2nc(CSc3nnc(Cc4cccs4)n3C)cs2)cc1. The maximum absolute atomic E-state index is 12.3. The Hall–Kier alpha value is -2.49. The van der Waals surface area contributed by atoms with Crippen molar-refractivity contribution in [2.24, 2.45) is 7.05 Å². The molecule has 0 unspecified atom stereocenters. The molecule has 1 N–H and O–H groups in total. The van der Waals surface area contributed by atoms with E-state index in [1.807, 2.05) is 54.3 Å². The molecule has 4 aromatic rings. The number of amides is 1. The standard InChI is InChI=1S/C21H21N5OS3/c1-14-5-7-15(8-6-14)22-19(27)11-20-23-16(12-29-20)13-30-21-25-24-18(26(21)2)10-17-4-3-9-28-17/h3-9,12H,10-11,13H2,1-2H3,(H,22,27). The van der Waals surface area contributed by atoms with Crippen LogP contribution in [0, 0.1) is 6.92 Å². The number of anilines is 1. The molecule has 154 valence electrons. The van der Waals surface area contributed by atoms with Gasteiger partial charge in [-0.25, -0.2) is 4.98 Å². The van der Waals surface area contributed by atoms with Crippen LogP contribution in [0.15, 0.2) is 52.3 Å². The molecule has 0 bridgehead atoms. The smallest absolute Gasteiger partial charge is 0.231 e. The van der Waals surface area contributed by atoms with Gasteiger partial charge in [0.05, 0.1) is 12.1 Å². The maximum Gasteiger partial charge on any atom is 0.231 e. The van der Waals surface area contributed by atoms with Crippen molar-refractivity contribution in [1.29, 1.82) is 0 Å². The van der Waals surface area contributed by atoms with E-state index in [2.05, 4.69) is 31.9 Å². The Morgan fingerprint density at radius 2 is 2.00 bits per heavy atom. The number of carbonyl (C=O) groups excluding carboxylic acids is 1. The van der Waals surface area contributed by atoms with Crippen molar-refractivity contribution in [2.45, 2.75) is 30.7 Å². The summed E-state index contributed by atoms with van der Waals surface area (Å²) in [7, 11) is 1.99. The van der Waals surface area contributed by atoms with Crippen LogP contribution in [0.5, 0.6) is 0 Å². The molecule has 9 heteroatoms. The van der Waals surface area contributed by atoms with Gasteiger partial charge in [0.15, 0.2) is 5.16 Å². The zero-order valence-corrected chi connectivity index (χ0v) is 19.1. The number of thiazole rings is 1. The fourth-order valence-corrected chi connectivity index (χ4v) is 5.23. The second kappa shape index (κ2) is 9.55. The molecule has 0 aliphatic carbocycles. The zero-order chi connectivity index (χ0) is 20.9. The highest BCUT2D eigenvalue weighted by molar-refractivity contribution is 7.98. The van der Waals surface area contributed by atoms with Gasteiger partial charge in [0.1, 0.15) is 10.8 Å². The molecule has 0 aliphatic rings. The highest BCUT2D eigenvalue weighted by Gasteiger charge is 2.13. The van der Waals surface area contributed by atoms with E-state index >= 15 is 0 Å². The molecule has 4 rings (SSSR count). The normalized spacial score (nSPS) is 11.0. The summed E-state index contributed by atoms with van der Waals surface area (Å²) in [5.41, 5.74) is 2.92. The zero-order valence-electron chi connectivity index (χ0n) is 16.7. The molecule has 0 atom stereocenters. The van der Waals surface area contributed by atoms with Crippen molar-refractivity contribution in [3.8, 4) is 0 Å². The Kier molecular flexibility index (Phi) is 6.61. The number of benzene rings is 1. The highest BCUT2D eigenvalue weighted by Crippen LogP contribution is 2.24. The third-order valence-electron chi connectivity index (χ3n) is 4.43. The van der Waals surface area contributed by atoms with Gasteiger partial charge in [-0.2, -0.15) is 0 Å². The fraction of sp³-hybridized carbons (Fsp3) is 0.238. The van der Waals surface area contributed by atoms with E-state index in [4.69, 9.17) is 0 Å². The average Bonchev–Trinajstić information content (AvgIpc) is 3.46. The van der Waals surface area contributed by atoms with Crippen LogP contribution in [0.4, 0.5) is 5.69 Å². The maximum atomic E-state index is 12.3. The van der Waals surface area contributed by atoms with Crippen LogP contribution in [-0.2, 0) is 30.4 Å². The van der Waals surface area contributed by atoms with Gasteiger partial charge in [0.25, 0.3) is 0 Å². The number of thioether (sulfide) groups is 1. The number of hydrogen-bond donors (Lipinski definition) is 1. The number of carbonyl (C=O) groups is 1. The minimum Gasteiger partial charge on any atom is -0.326 e. The van der Waals surface area contributed by atoms with Crippen molar-refractivity contribution in [1.82, 2.24) is 19.7 Å². The Bertz CT molecular complexity index is 1120. The topological polar surface area (TPSA) is 72.7 Å². The van der Waals surface area contributed by atoms with Gasteiger partial charge in [0, 0.05) is 35.2 Å². The van der Waals surface area contributed by atoms with Crippen molar-refractivity contribution >= 4 is 46.0 Å². The third kappa shape index (κ3) is 5.35. The summed E-state index contributed by atoms with van der Waals surface area (Å²) in [5, 5.41) is 17.3. The summed E-state index contributed by atoms with van der Waals surface area (Å²) in [6.07, 6.45) is 1.07. The van der Waals surface area contributed by atoms with E-state index in [0.29, 0.717) is 5.75 Å². The first-order valence-corrected chi connectivity index (χ1v) is 12.1. The summed E-state index contributed by atoms with van der Waals surface area (Å²) < 4.78 is 2.03. The Labute approximate surface area is 187 Å². The van der Waals surface area contributed by atoms with Crippen molar-refractivity contribution in [2.75, 3.05) is 5.32 Å². The first-order valence-electron chi connectivity index (χ1n) is 9.40. The molecule has 1 aromatic carbocycles. The van der Waals surface area contributed by atoms with Gasteiger partial charge in [0.2, 0.25) is 5.91 Å². The van der Waals surface area contributed by atoms with Crippen LogP contribution < -0.4 is 5.32 Å². The van der Waals surface area contributed by atoms with Crippen LogP contribution in [0.25, 0.3) is 0 Å². The number of nitrogens with zero attached hydrogens (tertiary/aromatic N) is 4. The lowest BCUT2D eigenvalue weighted by molar-refractivity contribution is -0.115. The van der Waals surface area contributed by atoms with Crippen LogP contribution in [0.1, 0.15) is 27.0 Å². The van der Waals surface area contributed by atoms with E-state index in [0.717, 1.165) is 39.4 Å². The lowest BCUT2D eigenvalue weighted by atomic mass is 10.2. The third-order valence-corrected chi connectivity index (χ3v) is 7.26. The highest BCUT2D eigenvalue weighted by atomic mass is 32.2. The monoisotopic (exact) mass is 455 g/mol. The van der Waals surface area contributed by atoms with Gasteiger partial charge >= 0.3 is 0 Å². The molecule has 3 heterocycles. The number of aryl methyl sites for hydroxylation is 1. The summed E-state index contributed by atoms with van der Waals surface area (Å²) in [6.45, 7) is 2.02. The molecule has 0 fully saturated rings. The number of aromatic nitrogens is 4. The van der Waals surface area contributed by atoms with Crippen LogP contribution >= 0.6 is 34.4 Å². The average molecular weight is 456 g/mol. The van der Waals surface area contributed by atoms with Gasteiger partial charge in [-0.05, 0) is 30.5 Å². The van der Waals surface area contributed by atoms with E-state index in [1.54, 1.807) is 23.1 Å². The summed E-state index contributed by atoms with van der Waals surface area (Å²) in [5.74, 6) is 1.59. The Morgan fingerprint density at radius 1 is 1.17 bits per heavy atom.